The third-order valence-corrected chi connectivity index (χ3v) is 4.44. The Balaban J connectivity index is 1.83. The Morgan fingerprint density at radius 1 is 1.41 bits per heavy atom. The molecule has 7 heteroatoms. The molecular weight excluding hydrogens is 322 g/mol. The lowest BCUT2D eigenvalue weighted by atomic mass is 10.1. The van der Waals surface area contributed by atoms with Gasteiger partial charge in [-0.25, -0.2) is 4.98 Å². The molecule has 2 rings (SSSR count). The van der Waals surface area contributed by atoms with Crippen LogP contribution in [0, 0.1) is 6.92 Å². The smallest absolute Gasteiger partial charge is 0.260 e. The number of hydrogen-bond donors (Lipinski definition) is 2. The minimum absolute atomic E-state index is 0.0755. The Morgan fingerprint density at radius 3 is 2.82 bits per heavy atom. The molecule has 0 bridgehead atoms. The number of benzene rings is 1. The van der Waals surface area contributed by atoms with E-state index in [1.807, 2.05) is 18.2 Å². The van der Waals surface area contributed by atoms with Crippen molar-refractivity contribution in [2.24, 2.45) is 5.73 Å². The molecule has 2 amide bonds. The molecule has 0 aliphatic carbocycles. The van der Waals surface area contributed by atoms with E-state index in [9.17, 15) is 9.59 Å². The molecule has 1 aromatic carbocycles. The number of primary amides is 1. The third-order valence-electron chi connectivity index (χ3n) is 3.03. The maximum Gasteiger partial charge on any atom is 0.260 e. The molecule has 22 heavy (non-hydrogen) atoms. The lowest BCUT2D eigenvalue weighted by Gasteiger charge is -2.04. The fraction of sp³-hybridized carbons (Fsp3) is 0.267. The Morgan fingerprint density at radius 2 is 2.18 bits per heavy atom. The molecule has 0 saturated heterocycles. The summed E-state index contributed by atoms with van der Waals surface area (Å²) in [6, 6.07) is 7.44. The predicted molar refractivity (Wildman–Crippen MR) is 87.0 cm³/mol. The number of amides is 2. The summed E-state index contributed by atoms with van der Waals surface area (Å²) >= 11 is 7.11. The first-order chi connectivity index (χ1) is 10.5. The van der Waals surface area contributed by atoms with Gasteiger partial charge in [-0.3, -0.25) is 9.59 Å². The predicted octanol–water partition coefficient (Wildman–Crippen LogP) is 2.45. The first kappa shape index (κ1) is 16.5. The molecule has 0 fully saturated rings. The van der Waals surface area contributed by atoms with E-state index < -0.39 is 5.91 Å². The van der Waals surface area contributed by atoms with Crippen molar-refractivity contribution in [2.75, 3.05) is 0 Å². The van der Waals surface area contributed by atoms with Gasteiger partial charge in [0, 0.05) is 11.4 Å². The van der Waals surface area contributed by atoms with Crippen LogP contribution in [-0.2, 0) is 17.8 Å². The van der Waals surface area contributed by atoms with E-state index in [-0.39, 0.29) is 5.91 Å². The second-order valence-electron chi connectivity index (χ2n) is 4.79. The monoisotopic (exact) mass is 337 g/mol. The second-order valence-corrected chi connectivity index (χ2v) is 6.31. The number of nitrogens with one attached hydrogen (secondary N) is 1. The van der Waals surface area contributed by atoms with Gasteiger partial charge >= 0.3 is 0 Å². The fourth-order valence-corrected chi connectivity index (χ4v) is 3.04. The number of nitrogens with two attached hydrogens (primary N) is 1. The number of thiazole rings is 1. The van der Waals surface area contributed by atoms with Gasteiger partial charge in [0.1, 0.15) is 9.88 Å². The number of aromatic nitrogens is 1. The SMILES string of the molecule is Cc1nc(CNC(=O)CCc2cccc(Cl)c2)sc1C(N)=O. The minimum Gasteiger partial charge on any atom is -0.365 e. The standard InChI is InChI=1S/C15H16ClN3O2S/c1-9-14(15(17)21)22-13(19-9)8-18-12(20)6-5-10-3-2-4-11(16)7-10/h2-4,7H,5-6,8H2,1H3,(H2,17,21)(H,18,20). The quantitative estimate of drug-likeness (QED) is 0.849. The first-order valence-electron chi connectivity index (χ1n) is 6.73. The molecule has 0 saturated carbocycles. The van der Waals surface area contributed by atoms with E-state index in [2.05, 4.69) is 10.3 Å². The van der Waals surface area contributed by atoms with E-state index in [1.54, 1.807) is 13.0 Å². The molecule has 0 radical (unpaired) electrons. The topological polar surface area (TPSA) is 85.1 Å². The van der Waals surface area contributed by atoms with Crippen LogP contribution in [0.1, 0.15) is 32.4 Å². The van der Waals surface area contributed by atoms with Crippen LogP contribution < -0.4 is 11.1 Å². The summed E-state index contributed by atoms with van der Waals surface area (Å²) in [7, 11) is 0. The largest absolute Gasteiger partial charge is 0.365 e. The number of carbonyl (C=O) groups is 2. The zero-order chi connectivity index (χ0) is 16.1. The Kier molecular flexibility index (Phi) is 5.51. The van der Waals surface area contributed by atoms with Gasteiger partial charge in [-0.15, -0.1) is 11.3 Å². The van der Waals surface area contributed by atoms with Gasteiger partial charge < -0.3 is 11.1 Å². The summed E-state index contributed by atoms with van der Waals surface area (Å²) in [6.45, 7) is 2.02. The summed E-state index contributed by atoms with van der Waals surface area (Å²) in [5, 5.41) is 4.12. The van der Waals surface area contributed by atoms with Gasteiger partial charge in [0.2, 0.25) is 5.91 Å². The lowest BCUT2D eigenvalue weighted by Crippen LogP contribution is -2.22. The average molecular weight is 338 g/mol. The van der Waals surface area contributed by atoms with Gasteiger partial charge in [0.25, 0.3) is 5.91 Å². The van der Waals surface area contributed by atoms with Gasteiger partial charge in [0.05, 0.1) is 12.2 Å². The molecule has 0 atom stereocenters. The van der Waals surface area contributed by atoms with Gasteiger partial charge in [0.15, 0.2) is 0 Å². The van der Waals surface area contributed by atoms with Crippen LogP contribution in [0.15, 0.2) is 24.3 Å². The number of hydrogen-bond acceptors (Lipinski definition) is 4. The highest BCUT2D eigenvalue weighted by Gasteiger charge is 2.12. The fourth-order valence-electron chi connectivity index (χ4n) is 1.97. The van der Waals surface area contributed by atoms with Crippen LogP contribution in [0.2, 0.25) is 5.02 Å². The number of halogens is 1. The van der Waals surface area contributed by atoms with Crippen LogP contribution in [0.3, 0.4) is 0 Å². The molecule has 116 valence electrons. The number of aryl methyl sites for hydroxylation is 2. The van der Waals surface area contributed by atoms with Crippen LogP contribution >= 0.6 is 22.9 Å². The summed E-state index contributed by atoms with van der Waals surface area (Å²) in [5.41, 5.74) is 6.86. The van der Waals surface area contributed by atoms with Crippen molar-refractivity contribution in [3.05, 3.63) is 50.4 Å². The normalized spacial score (nSPS) is 10.5. The van der Waals surface area contributed by atoms with E-state index in [4.69, 9.17) is 17.3 Å². The van der Waals surface area contributed by atoms with Gasteiger partial charge in [-0.2, -0.15) is 0 Å². The molecular formula is C15H16ClN3O2S. The van der Waals surface area contributed by atoms with Crippen molar-refractivity contribution in [1.29, 1.82) is 0 Å². The molecule has 2 aromatic rings. The average Bonchev–Trinajstić information content (AvgIpc) is 2.84. The lowest BCUT2D eigenvalue weighted by molar-refractivity contribution is -0.121. The van der Waals surface area contributed by atoms with Crippen molar-refractivity contribution < 1.29 is 9.59 Å². The molecule has 0 unspecified atom stereocenters. The van der Waals surface area contributed by atoms with Crippen molar-refractivity contribution in [3.8, 4) is 0 Å². The summed E-state index contributed by atoms with van der Waals surface area (Å²) in [6.07, 6.45) is 0.989. The third kappa shape index (κ3) is 4.54. The first-order valence-corrected chi connectivity index (χ1v) is 7.92. The number of rotatable bonds is 6. The molecule has 3 N–H and O–H groups in total. The van der Waals surface area contributed by atoms with Crippen LogP contribution in [-0.4, -0.2) is 16.8 Å². The summed E-state index contributed by atoms with van der Waals surface area (Å²) < 4.78 is 0. The maximum atomic E-state index is 11.8. The summed E-state index contributed by atoms with van der Waals surface area (Å²) in [5.74, 6) is -0.568. The number of nitrogens with zero attached hydrogens (tertiary/aromatic N) is 1. The zero-order valence-electron chi connectivity index (χ0n) is 12.1. The van der Waals surface area contributed by atoms with Crippen molar-refractivity contribution in [2.45, 2.75) is 26.3 Å². The van der Waals surface area contributed by atoms with Crippen LogP contribution in [0.25, 0.3) is 0 Å². The van der Waals surface area contributed by atoms with E-state index >= 15 is 0 Å². The Bertz CT molecular complexity index is 700. The van der Waals surface area contributed by atoms with Crippen LogP contribution in [0.4, 0.5) is 0 Å². The second kappa shape index (κ2) is 7.38. The molecule has 1 heterocycles. The minimum atomic E-state index is -0.492. The van der Waals surface area contributed by atoms with E-state index in [1.165, 1.54) is 11.3 Å². The van der Waals surface area contributed by atoms with Crippen molar-refractivity contribution in [1.82, 2.24) is 10.3 Å². The van der Waals surface area contributed by atoms with Crippen molar-refractivity contribution >= 4 is 34.8 Å². The molecule has 5 nitrogen and oxygen atoms in total. The van der Waals surface area contributed by atoms with Gasteiger partial charge in [-0.05, 0) is 31.0 Å². The maximum absolute atomic E-state index is 11.8. The molecule has 0 aliphatic rings. The van der Waals surface area contributed by atoms with Crippen molar-refractivity contribution in [3.63, 3.8) is 0 Å². The zero-order valence-corrected chi connectivity index (χ0v) is 13.6. The molecule has 0 spiro atoms. The van der Waals surface area contributed by atoms with Crippen LogP contribution in [0.5, 0.6) is 0 Å². The van der Waals surface area contributed by atoms with Gasteiger partial charge in [-0.1, -0.05) is 23.7 Å². The Labute approximate surface area is 137 Å². The summed E-state index contributed by atoms with van der Waals surface area (Å²) in [4.78, 5) is 27.6. The van der Waals surface area contributed by atoms with E-state index in [0.29, 0.717) is 40.0 Å². The molecule has 0 aliphatic heterocycles. The highest BCUT2D eigenvalue weighted by molar-refractivity contribution is 7.13. The Hall–Kier alpha value is -1.92. The highest BCUT2D eigenvalue weighted by atomic mass is 35.5. The van der Waals surface area contributed by atoms with E-state index in [0.717, 1.165) is 5.56 Å². The molecule has 1 aromatic heterocycles. The number of carbonyl (C=O) groups excluding carboxylic acids is 2. The highest BCUT2D eigenvalue weighted by Crippen LogP contribution is 2.17.